The number of nitrogens with zero attached hydrogens (tertiary/aromatic N) is 1. The van der Waals surface area contributed by atoms with Crippen molar-refractivity contribution >= 4 is 11.8 Å². The highest BCUT2D eigenvalue weighted by molar-refractivity contribution is 5.99. The maximum absolute atomic E-state index is 12.8. The molecule has 4 aliphatic rings. The lowest BCUT2D eigenvalue weighted by atomic mass is 9.52. The third-order valence-electron chi connectivity index (χ3n) is 7.48. The molecule has 1 aromatic rings. The number of Topliss-reactive ketones (excluding diaryl/α,β-unsaturated/α-hetero) is 1. The van der Waals surface area contributed by atoms with Gasteiger partial charge in [0.05, 0.1) is 18.6 Å². The van der Waals surface area contributed by atoms with Gasteiger partial charge in [-0.15, -0.1) is 0 Å². The van der Waals surface area contributed by atoms with Gasteiger partial charge in [0, 0.05) is 24.1 Å². The summed E-state index contributed by atoms with van der Waals surface area (Å²) in [5, 5.41) is 0. The van der Waals surface area contributed by atoms with Gasteiger partial charge in [-0.3, -0.25) is 9.59 Å². The van der Waals surface area contributed by atoms with Crippen molar-refractivity contribution in [1.29, 1.82) is 0 Å². The highest BCUT2D eigenvalue weighted by Gasteiger charge is 2.51. The molecule has 1 aromatic heterocycles. The van der Waals surface area contributed by atoms with Gasteiger partial charge in [0.25, 0.3) is 0 Å². The molecule has 1 heterocycles. The average Bonchev–Trinajstić information content (AvgIpc) is 2.93. The smallest absolute Gasteiger partial charge is 0.309 e. The molecule has 5 nitrogen and oxygen atoms in total. The number of ether oxygens (including phenoxy) is 2. The molecule has 0 radical (unpaired) electrons. The van der Waals surface area contributed by atoms with Gasteiger partial charge < -0.3 is 14.0 Å². The van der Waals surface area contributed by atoms with Crippen LogP contribution in [-0.2, 0) is 14.3 Å². The summed E-state index contributed by atoms with van der Waals surface area (Å²) in [4.78, 5) is 25.6. The van der Waals surface area contributed by atoms with Crippen LogP contribution in [0.3, 0.4) is 0 Å². The fourth-order valence-electron chi connectivity index (χ4n) is 6.67. The monoisotopic (exact) mass is 387 g/mol. The zero-order chi connectivity index (χ0) is 20.0. The van der Waals surface area contributed by atoms with E-state index in [1.54, 1.807) is 7.11 Å². The molecule has 0 amide bonds. The van der Waals surface area contributed by atoms with E-state index in [1.165, 1.54) is 32.1 Å². The van der Waals surface area contributed by atoms with E-state index in [2.05, 4.69) is 11.5 Å². The Bertz CT molecular complexity index is 737. The Morgan fingerprint density at radius 1 is 1.11 bits per heavy atom. The first-order valence-electron chi connectivity index (χ1n) is 10.8. The molecule has 4 bridgehead atoms. The van der Waals surface area contributed by atoms with E-state index in [4.69, 9.17) is 9.47 Å². The highest BCUT2D eigenvalue weighted by atomic mass is 16.5. The number of aryl methyl sites for hydroxylation is 1. The number of rotatable bonds is 7. The third-order valence-corrected chi connectivity index (χ3v) is 7.48. The van der Waals surface area contributed by atoms with Crippen LogP contribution in [0.1, 0.15) is 66.8 Å². The number of methoxy groups -OCH3 is 1. The molecular formula is C23H33NO4. The topological polar surface area (TPSA) is 57.5 Å². The molecule has 28 heavy (non-hydrogen) atoms. The van der Waals surface area contributed by atoms with Crippen LogP contribution in [0.2, 0.25) is 0 Å². The molecule has 0 aromatic carbocycles. The zero-order valence-corrected chi connectivity index (χ0v) is 17.6. The minimum Gasteiger partial charge on any atom is -0.457 e. The van der Waals surface area contributed by atoms with Crippen molar-refractivity contribution in [2.75, 3.05) is 20.3 Å². The first-order valence-corrected chi connectivity index (χ1v) is 10.8. The molecule has 0 N–H and O–H groups in total. The van der Waals surface area contributed by atoms with Crippen molar-refractivity contribution in [3.05, 3.63) is 23.0 Å². The normalized spacial score (nSPS) is 31.8. The summed E-state index contributed by atoms with van der Waals surface area (Å²) in [6.45, 7) is 6.46. The predicted molar refractivity (Wildman–Crippen MR) is 106 cm³/mol. The Morgan fingerprint density at radius 2 is 1.71 bits per heavy atom. The summed E-state index contributed by atoms with van der Waals surface area (Å²) < 4.78 is 13.0. The molecule has 0 unspecified atom stereocenters. The Labute approximate surface area is 167 Å². The molecule has 0 aliphatic heterocycles. The molecule has 0 saturated heterocycles. The predicted octanol–water partition coefficient (Wildman–Crippen LogP) is 4.11. The lowest BCUT2D eigenvalue weighted by Crippen LogP contribution is -2.48. The average molecular weight is 388 g/mol. The Balaban J connectivity index is 1.40. The van der Waals surface area contributed by atoms with Gasteiger partial charge in [-0.2, -0.15) is 0 Å². The van der Waals surface area contributed by atoms with Crippen LogP contribution in [0.4, 0.5) is 0 Å². The zero-order valence-electron chi connectivity index (χ0n) is 17.6. The van der Waals surface area contributed by atoms with E-state index < -0.39 is 0 Å². The standard InChI is InChI=1S/C23H33NO4/c1-13-5-20(15(3)24(13)14(2)11-27-4)21(25)12-28-23(26)22-18-7-16-6-17(9-18)10-19(22)8-16/h5,14,16-19,22H,6-12H2,1-4H3/t14-,16?,17?,18?,19?,22?/m1/s1. The number of carbonyl (C=O) groups is 2. The van der Waals surface area contributed by atoms with E-state index in [9.17, 15) is 9.59 Å². The van der Waals surface area contributed by atoms with Gasteiger partial charge in [-0.05, 0) is 82.6 Å². The fourth-order valence-corrected chi connectivity index (χ4v) is 6.67. The van der Waals surface area contributed by atoms with Crippen molar-refractivity contribution in [3.8, 4) is 0 Å². The second-order valence-corrected chi connectivity index (χ2v) is 9.45. The van der Waals surface area contributed by atoms with Crippen LogP contribution < -0.4 is 0 Å². The van der Waals surface area contributed by atoms with Crippen LogP contribution in [0.15, 0.2) is 6.07 Å². The quantitative estimate of drug-likeness (QED) is 0.522. The maximum atomic E-state index is 12.8. The van der Waals surface area contributed by atoms with Crippen LogP contribution >= 0.6 is 0 Å². The van der Waals surface area contributed by atoms with Crippen molar-refractivity contribution in [2.45, 2.75) is 58.9 Å². The maximum Gasteiger partial charge on any atom is 0.309 e. The second kappa shape index (κ2) is 7.66. The van der Waals surface area contributed by atoms with E-state index in [0.29, 0.717) is 24.0 Å². The lowest BCUT2D eigenvalue weighted by molar-refractivity contribution is -0.161. The van der Waals surface area contributed by atoms with Crippen molar-refractivity contribution in [1.82, 2.24) is 4.57 Å². The van der Waals surface area contributed by atoms with Gasteiger partial charge in [0.2, 0.25) is 5.78 Å². The van der Waals surface area contributed by atoms with E-state index >= 15 is 0 Å². The van der Waals surface area contributed by atoms with Crippen molar-refractivity contribution in [2.24, 2.45) is 29.6 Å². The molecule has 5 rings (SSSR count). The molecular weight excluding hydrogens is 354 g/mol. The number of aromatic nitrogens is 1. The summed E-state index contributed by atoms with van der Waals surface area (Å²) in [7, 11) is 1.68. The van der Waals surface area contributed by atoms with Gasteiger partial charge in [0.1, 0.15) is 0 Å². The Morgan fingerprint density at radius 3 is 2.29 bits per heavy atom. The van der Waals surface area contributed by atoms with Gasteiger partial charge >= 0.3 is 5.97 Å². The van der Waals surface area contributed by atoms with Crippen LogP contribution in [0, 0.1) is 43.4 Å². The Kier molecular flexibility index (Phi) is 5.38. The van der Waals surface area contributed by atoms with Crippen LogP contribution in [0.5, 0.6) is 0 Å². The first-order chi connectivity index (χ1) is 13.4. The minimum atomic E-state index is -0.148. The van der Waals surface area contributed by atoms with Crippen LogP contribution in [-0.4, -0.2) is 36.6 Å². The summed E-state index contributed by atoms with van der Waals surface area (Å²) in [6, 6.07) is 2.06. The van der Waals surface area contributed by atoms with E-state index in [1.807, 2.05) is 19.9 Å². The SMILES string of the molecule is COC[C@@H](C)n1c(C)cc(C(=O)COC(=O)C2C3CC4CC(C3)CC2C4)c1C. The van der Waals surface area contributed by atoms with Gasteiger partial charge in [-0.25, -0.2) is 0 Å². The van der Waals surface area contributed by atoms with E-state index in [0.717, 1.165) is 23.2 Å². The number of carbonyl (C=O) groups excluding carboxylic acids is 2. The van der Waals surface area contributed by atoms with Gasteiger partial charge in [0.15, 0.2) is 6.61 Å². The van der Waals surface area contributed by atoms with Crippen molar-refractivity contribution in [3.63, 3.8) is 0 Å². The van der Waals surface area contributed by atoms with Crippen molar-refractivity contribution < 1.29 is 19.1 Å². The molecule has 1 atom stereocenters. The number of hydrogen-bond donors (Lipinski definition) is 0. The third kappa shape index (κ3) is 3.42. The summed E-state index contributed by atoms with van der Waals surface area (Å²) in [6.07, 6.45) is 6.08. The molecule has 4 saturated carbocycles. The molecule has 154 valence electrons. The van der Waals surface area contributed by atoms with Gasteiger partial charge in [-0.1, -0.05) is 0 Å². The minimum absolute atomic E-state index is 0.0229. The molecule has 0 spiro atoms. The van der Waals surface area contributed by atoms with E-state index in [-0.39, 0.29) is 30.3 Å². The summed E-state index contributed by atoms with van der Waals surface area (Å²) >= 11 is 0. The molecule has 5 heteroatoms. The summed E-state index contributed by atoms with van der Waals surface area (Å²) in [5.74, 6) is 2.40. The first kappa shape index (κ1) is 19.7. The number of esters is 1. The number of hydrogen-bond acceptors (Lipinski definition) is 4. The lowest BCUT2D eigenvalue weighted by Gasteiger charge is -2.53. The highest BCUT2D eigenvalue weighted by Crippen LogP contribution is 2.56. The largest absolute Gasteiger partial charge is 0.457 e. The molecule has 4 aliphatic carbocycles. The number of ketones is 1. The van der Waals surface area contributed by atoms with Crippen LogP contribution in [0.25, 0.3) is 0 Å². The summed E-state index contributed by atoms with van der Waals surface area (Å²) in [5.41, 5.74) is 2.59. The molecule has 4 fully saturated rings. The second-order valence-electron chi connectivity index (χ2n) is 9.45. The fraction of sp³-hybridized carbons (Fsp3) is 0.739. The Hall–Kier alpha value is -1.62.